The number of carbonyl (C=O) groups excluding carboxylic acids is 4. The van der Waals surface area contributed by atoms with E-state index in [-0.39, 0.29) is 5.56 Å². The van der Waals surface area contributed by atoms with E-state index in [2.05, 4.69) is 0 Å². The lowest BCUT2D eigenvalue weighted by Gasteiger charge is -2.30. The van der Waals surface area contributed by atoms with Crippen LogP contribution in [-0.4, -0.2) is 40.1 Å². The zero-order chi connectivity index (χ0) is 23.0. The molecule has 6 nitrogen and oxygen atoms in total. The number of hydrogen-bond donors (Lipinski definition) is 0. The Kier molecular flexibility index (Phi) is 6.17. The second-order valence-electron chi connectivity index (χ2n) is 7.99. The zero-order valence-corrected chi connectivity index (χ0v) is 18.8. The van der Waals surface area contributed by atoms with Crippen LogP contribution in [0, 0.1) is 11.8 Å². The average Bonchev–Trinajstić information content (AvgIpc) is 3.02. The van der Waals surface area contributed by atoms with E-state index in [1.54, 1.807) is 12.1 Å². The van der Waals surface area contributed by atoms with Crippen LogP contribution in [0.4, 0.5) is 0 Å². The number of ketones is 1. The third kappa shape index (κ3) is 4.20. The van der Waals surface area contributed by atoms with Crippen LogP contribution in [-0.2, 0) is 9.59 Å². The molecule has 1 saturated heterocycles. The highest BCUT2D eigenvalue weighted by Gasteiger charge is 2.51. The number of Topliss-reactive ketones (excluding diaryl/α,β-unsaturated/α-hetero) is 1. The van der Waals surface area contributed by atoms with Gasteiger partial charge in [0.25, 0.3) is 17.7 Å². The molecule has 2 aromatic rings. The minimum atomic E-state index is -0.631. The standard InChI is InChI=1S/C24H20Cl2N2O4/c1-14-2-11-19-20(12-14)24(32)28(23(19)31)27(22(30)16-5-9-18(26)10-6-16)13-21(29)15-3-7-17(25)8-4-15/h2-10,19-20H,11-13H2,1H3/t19-,20-/m1/s1. The fourth-order valence-corrected chi connectivity index (χ4v) is 4.35. The summed E-state index contributed by atoms with van der Waals surface area (Å²) in [4.78, 5) is 52.8. The number of amides is 3. The predicted octanol–water partition coefficient (Wildman–Crippen LogP) is 4.57. The maximum absolute atomic E-state index is 13.4. The molecule has 8 heteroatoms. The Morgan fingerprint density at radius 3 is 2.03 bits per heavy atom. The normalized spacial score (nSPS) is 20.1. The van der Waals surface area contributed by atoms with Gasteiger partial charge in [-0.2, -0.15) is 5.01 Å². The van der Waals surface area contributed by atoms with E-state index in [4.69, 9.17) is 23.2 Å². The van der Waals surface area contributed by atoms with Crippen molar-refractivity contribution >= 4 is 46.7 Å². The molecule has 3 amide bonds. The Hall–Kier alpha value is -2.96. The summed E-state index contributed by atoms with van der Waals surface area (Å²) >= 11 is 11.8. The van der Waals surface area contributed by atoms with Crippen molar-refractivity contribution in [2.24, 2.45) is 11.8 Å². The van der Waals surface area contributed by atoms with Crippen molar-refractivity contribution in [3.8, 4) is 0 Å². The van der Waals surface area contributed by atoms with Gasteiger partial charge in [0.15, 0.2) is 5.78 Å². The van der Waals surface area contributed by atoms with Gasteiger partial charge in [-0.15, -0.1) is 0 Å². The Morgan fingerprint density at radius 1 is 0.906 bits per heavy atom. The van der Waals surface area contributed by atoms with Crippen LogP contribution < -0.4 is 0 Å². The van der Waals surface area contributed by atoms with Crippen LogP contribution in [0.1, 0.15) is 40.5 Å². The van der Waals surface area contributed by atoms with Gasteiger partial charge in [-0.05, 0) is 68.3 Å². The molecular formula is C24H20Cl2N2O4. The molecule has 0 bridgehead atoms. The first kappa shape index (κ1) is 22.2. The maximum Gasteiger partial charge on any atom is 0.273 e. The maximum atomic E-state index is 13.4. The smallest absolute Gasteiger partial charge is 0.273 e. The molecule has 4 rings (SSSR count). The van der Waals surface area contributed by atoms with Crippen molar-refractivity contribution in [3.63, 3.8) is 0 Å². The summed E-state index contributed by atoms with van der Waals surface area (Å²) in [6.45, 7) is 1.45. The highest BCUT2D eigenvalue weighted by atomic mass is 35.5. The van der Waals surface area contributed by atoms with Gasteiger partial charge in [-0.1, -0.05) is 34.9 Å². The number of allylic oxidation sites excluding steroid dienone is 2. The fourth-order valence-electron chi connectivity index (χ4n) is 4.10. The van der Waals surface area contributed by atoms with E-state index in [1.165, 1.54) is 36.4 Å². The third-order valence-electron chi connectivity index (χ3n) is 5.83. The van der Waals surface area contributed by atoms with Crippen LogP contribution in [0.5, 0.6) is 0 Å². The molecule has 1 heterocycles. The lowest BCUT2D eigenvalue weighted by atomic mass is 9.82. The second-order valence-corrected chi connectivity index (χ2v) is 8.86. The Morgan fingerprint density at radius 2 is 1.44 bits per heavy atom. The van der Waals surface area contributed by atoms with Gasteiger partial charge in [0, 0.05) is 21.2 Å². The number of hydrogen-bond acceptors (Lipinski definition) is 4. The van der Waals surface area contributed by atoms with Crippen molar-refractivity contribution in [1.29, 1.82) is 0 Å². The third-order valence-corrected chi connectivity index (χ3v) is 6.33. The molecule has 2 aromatic carbocycles. The highest BCUT2D eigenvalue weighted by molar-refractivity contribution is 6.31. The van der Waals surface area contributed by atoms with Gasteiger partial charge >= 0.3 is 0 Å². The zero-order valence-electron chi connectivity index (χ0n) is 17.3. The summed E-state index contributed by atoms with van der Waals surface area (Å²) in [7, 11) is 0. The number of benzene rings is 2. The molecular weight excluding hydrogens is 451 g/mol. The number of fused-ring (bicyclic) bond motifs is 1. The van der Waals surface area contributed by atoms with Crippen molar-refractivity contribution in [1.82, 2.24) is 10.0 Å². The molecule has 0 spiro atoms. The lowest BCUT2D eigenvalue weighted by molar-refractivity contribution is -0.154. The summed E-state index contributed by atoms with van der Waals surface area (Å²) in [6.07, 6.45) is 2.84. The number of imide groups is 1. The van der Waals surface area contributed by atoms with Crippen LogP contribution in [0.3, 0.4) is 0 Å². The number of hydrazine groups is 1. The summed E-state index contributed by atoms with van der Waals surface area (Å²) in [6, 6.07) is 12.3. The Labute approximate surface area is 195 Å². The topological polar surface area (TPSA) is 74.8 Å². The van der Waals surface area contributed by atoms with Crippen LogP contribution >= 0.6 is 23.2 Å². The van der Waals surface area contributed by atoms with Crippen molar-refractivity contribution in [3.05, 3.63) is 81.4 Å². The predicted molar refractivity (Wildman–Crippen MR) is 120 cm³/mol. The average molecular weight is 471 g/mol. The summed E-state index contributed by atoms with van der Waals surface area (Å²) in [5.74, 6) is -3.03. The Bertz CT molecular complexity index is 1130. The molecule has 0 aromatic heterocycles. The Balaban J connectivity index is 1.68. The molecule has 164 valence electrons. The van der Waals surface area contributed by atoms with Crippen LogP contribution in [0.25, 0.3) is 0 Å². The van der Waals surface area contributed by atoms with E-state index >= 15 is 0 Å². The minimum Gasteiger partial charge on any atom is -0.292 e. The molecule has 1 aliphatic heterocycles. The van der Waals surface area contributed by atoms with Gasteiger partial charge in [-0.25, -0.2) is 5.01 Å². The molecule has 0 saturated carbocycles. The van der Waals surface area contributed by atoms with E-state index in [1.807, 2.05) is 13.0 Å². The molecule has 0 unspecified atom stereocenters. The van der Waals surface area contributed by atoms with Gasteiger partial charge in [0.1, 0.15) is 6.54 Å². The first-order valence-electron chi connectivity index (χ1n) is 10.2. The summed E-state index contributed by atoms with van der Waals surface area (Å²) in [5.41, 5.74) is 1.56. The van der Waals surface area contributed by atoms with Crippen molar-refractivity contribution in [2.75, 3.05) is 6.54 Å². The number of nitrogens with zero attached hydrogens (tertiary/aromatic N) is 2. The van der Waals surface area contributed by atoms with Crippen LogP contribution in [0.15, 0.2) is 60.2 Å². The SMILES string of the molecule is CC1=CC[C@H]2C(=O)N(N(CC(=O)c3ccc(Cl)cc3)C(=O)c3ccc(Cl)cc3)C(=O)[C@@H]2C1. The fraction of sp³-hybridized carbons (Fsp3) is 0.250. The van der Waals surface area contributed by atoms with Gasteiger partial charge < -0.3 is 0 Å². The summed E-state index contributed by atoms with van der Waals surface area (Å²) in [5, 5.41) is 2.73. The van der Waals surface area contributed by atoms with E-state index in [9.17, 15) is 19.2 Å². The van der Waals surface area contributed by atoms with Gasteiger partial charge in [-0.3, -0.25) is 19.2 Å². The summed E-state index contributed by atoms with van der Waals surface area (Å²) < 4.78 is 0. The first-order valence-corrected chi connectivity index (χ1v) is 10.9. The quantitative estimate of drug-likeness (QED) is 0.364. The molecule has 2 aliphatic rings. The number of rotatable bonds is 5. The molecule has 0 radical (unpaired) electrons. The number of carbonyl (C=O) groups is 4. The van der Waals surface area contributed by atoms with Crippen molar-refractivity contribution in [2.45, 2.75) is 19.8 Å². The monoisotopic (exact) mass is 470 g/mol. The van der Waals surface area contributed by atoms with E-state index in [0.717, 1.165) is 15.6 Å². The lowest BCUT2D eigenvalue weighted by Crippen LogP contribution is -2.52. The largest absolute Gasteiger partial charge is 0.292 e. The molecule has 1 aliphatic carbocycles. The second kappa shape index (κ2) is 8.88. The number of halogens is 2. The molecule has 1 fully saturated rings. The van der Waals surface area contributed by atoms with Crippen LogP contribution in [0.2, 0.25) is 10.0 Å². The van der Waals surface area contributed by atoms with Gasteiger partial charge in [0.2, 0.25) is 0 Å². The minimum absolute atomic E-state index is 0.211. The molecule has 0 N–H and O–H groups in total. The van der Waals surface area contributed by atoms with Gasteiger partial charge in [0.05, 0.1) is 11.8 Å². The van der Waals surface area contributed by atoms with E-state index in [0.29, 0.717) is 28.5 Å². The molecule has 32 heavy (non-hydrogen) atoms. The first-order chi connectivity index (χ1) is 15.3. The van der Waals surface area contributed by atoms with Crippen molar-refractivity contribution < 1.29 is 19.2 Å². The molecule has 2 atom stereocenters. The highest BCUT2D eigenvalue weighted by Crippen LogP contribution is 2.38. The van der Waals surface area contributed by atoms with E-state index < -0.39 is 41.9 Å².